The molecule has 2 heterocycles. The number of pyridine rings is 1. The van der Waals surface area contributed by atoms with Crippen LogP contribution < -0.4 is 0 Å². The highest BCUT2D eigenvalue weighted by Gasteiger charge is 2.29. The molecule has 0 aromatic carbocycles. The predicted octanol–water partition coefficient (Wildman–Crippen LogP) is 2.56. The maximum absolute atomic E-state index is 12.2. The van der Waals surface area contributed by atoms with Crippen molar-refractivity contribution in [2.75, 3.05) is 19.8 Å². The number of nitrogens with zero attached hydrogens (tertiary/aromatic N) is 2. The van der Waals surface area contributed by atoms with Crippen molar-refractivity contribution in [2.24, 2.45) is 0 Å². The van der Waals surface area contributed by atoms with Gasteiger partial charge >= 0.3 is 0 Å². The van der Waals surface area contributed by atoms with Crippen molar-refractivity contribution in [1.29, 1.82) is 0 Å². The van der Waals surface area contributed by atoms with E-state index in [1.54, 1.807) is 12.4 Å². The fourth-order valence-electron chi connectivity index (χ4n) is 2.61. The third kappa shape index (κ3) is 3.77. The average Bonchev–Trinajstić information content (AvgIpc) is 2.94. The molecule has 0 saturated carbocycles. The highest BCUT2D eigenvalue weighted by Crippen LogP contribution is 2.32. The molecule has 1 atom stereocenters. The number of hydrogen-bond acceptors (Lipinski definition) is 3. The standard InChI is InChI=1S/C15H22N2O2/c1-2-19-12-4-6-15(18)17-11-3-5-14(17)13-7-9-16-10-8-13/h7-10,14H,2-6,11-12H2,1H3. The molecule has 0 N–H and O–H groups in total. The van der Waals surface area contributed by atoms with E-state index in [1.165, 1.54) is 5.56 Å². The number of hydrogen-bond donors (Lipinski definition) is 0. The molecular weight excluding hydrogens is 240 g/mol. The van der Waals surface area contributed by atoms with Crippen LogP contribution in [0.1, 0.15) is 44.2 Å². The van der Waals surface area contributed by atoms with Crippen LogP contribution in [0.5, 0.6) is 0 Å². The topological polar surface area (TPSA) is 42.4 Å². The molecule has 4 heteroatoms. The van der Waals surface area contributed by atoms with Crippen LogP contribution in [-0.4, -0.2) is 35.5 Å². The Morgan fingerprint density at radius 3 is 3.00 bits per heavy atom. The fraction of sp³-hybridized carbons (Fsp3) is 0.600. The summed E-state index contributed by atoms with van der Waals surface area (Å²) in [5.74, 6) is 0.249. The Bertz CT molecular complexity index is 394. The fourth-order valence-corrected chi connectivity index (χ4v) is 2.61. The Morgan fingerprint density at radius 1 is 1.47 bits per heavy atom. The molecule has 1 aliphatic rings. The molecule has 0 aliphatic carbocycles. The number of likely N-dealkylation sites (tertiary alicyclic amines) is 1. The second kappa shape index (κ2) is 7.24. The quantitative estimate of drug-likeness (QED) is 0.740. The van der Waals surface area contributed by atoms with Crippen LogP contribution in [0.15, 0.2) is 24.5 Å². The van der Waals surface area contributed by atoms with Gasteiger partial charge in [-0.15, -0.1) is 0 Å². The van der Waals surface area contributed by atoms with Gasteiger partial charge in [-0.05, 0) is 43.9 Å². The van der Waals surface area contributed by atoms with Crippen molar-refractivity contribution in [2.45, 2.75) is 38.6 Å². The molecule has 1 fully saturated rings. The van der Waals surface area contributed by atoms with Gasteiger partial charge in [0.15, 0.2) is 0 Å². The van der Waals surface area contributed by atoms with Gasteiger partial charge in [0, 0.05) is 38.6 Å². The van der Waals surface area contributed by atoms with Gasteiger partial charge in [-0.3, -0.25) is 9.78 Å². The van der Waals surface area contributed by atoms with Crippen molar-refractivity contribution in [3.63, 3.8) is 0 Å². The van der Waals surface area contributed by atoms with E-state index in [4.69, 9.17) is 4.74 Å². The van der Waals surface area contributed by atoms with Gasteiger partial charge in [-0.25, -0.2) is 0 Å². The summed E-state index contributed by atoms with van der Waals surface area (Å²) in [4.78, 5) is 18.3. The summed E-state index contributed by atoms with van der Waals surface area (Å²) >= 11 is 0. The second-order valence-corrected chi connectivity index (χ2v) is 4.83. The van der Waals surface area contributed by atoms with Gasteiger partial charge in [0.25, 0.3) is 0 Å². The molecule has 1 aliphatic heterocycles. The van der Waals surface area contributed by atoms with E-state index in [2.05, 4.69) is 4.98 Å². The molecule has 0 spiro atoms. The van der Waals surface area contributed by atoms with E-state index in [9.17, 15) is 4.79 Å². The molecule has 2 rings (SSSR count). The molecule has 19 heavy (non-hydrogen) atoms. The van der Waals surface area contributed by atoms with Crippen LogP contribution in [0, 0.1) is 0 Å². The summed E-state index contributed by atoms with van der Waals surface area (Å²) in [5.41, 5.74) is 1.20. The van der Waals surface area contributed by atoms with Gasteiger partial charge in [-0.1, -0.05) is 0 Å². The lowest BCUT2D eigenvalue weighted by molar-refractivity contribution is -0.132. The summed E-state index contributed by atoms with van der Waals surface area (Å²) in [6.45, 7) is 4.25. The predicted molar refractivity (Wildman–Crippen MR) is 73.7 cm³/mol. The Hall–Kier alpha value is -1.42. The molecule has 1 unspecified atom stereocenters. The second-order valence-electron chi connectivity index (χ2n) is 4.83. The van der Waals surface area contributed by atoms with Gasteiger partial charge in [0.2, 0.25) is 5.91 Å². The minimum Gasteiger partial charge on any atom is -0.382 e. The minimum absolute atomic E-state index is 0.239. The van der Waals surface area contributed by atoms with Crippen LogP contribution in [0.2, 0.25) is 0 Å². The Kier molecular flexibility index (Phi) is 5.33. The number of ether oxygens (including phenoxy) is 1. The number of rotatable bonds is 6. The zero-order chi connectivity index (χ0) is 13.5. The monoisotopic (exact) mass is 262 g/mol. The van der Waals surface area contributed by atoms with Crippen LogP contribution in [0.3, 0.4) is 0 Å². The van der Waals surface area contributed by atoms with Gasteiger partial charge in [0.05, 0.1) is 6.04 Å². The van der Waals surface area contributed by atoms with Crippen molar-refractivity contribution in [3.8, 4) is 0 Å². The molecule has 1 saturated heterocycles. The average molecular weight is 262 g/mol. The third-order valence-corrected chi connectivity index (χ3v) is 3.55. The normalized spacial score (nSPS) is 18.8. The lowest BCUT2D eigenvalue weighted by Crippen LogP contribution is -2.30. The molecule has 4 nitrogen and oxygen atoms in total. The lowest BCUT2D eigenvalue weighted by Gasteiger charge is -2.25. The molecule has 1 aromatic heterocycles. The first kappa shape index (κ1) is 14.0. The minimum atomic E-state index is 0.239. The van der Waals surface area contributed by atoms with Crippen LogP contribution >= 0.6 is 0 Å². The van der Waals surface area contributed by atoms with E-state index in [0.29, 0.717) is 13.0 Å². The summed E-state index contributed by atoms with van der Waals surface area (Å²) in [6.07, 6.45) is 7.13. The highest BCUT2D eigenvalue weighted by atomic mass is 16.5. The van der Waals surface area contributed by atoms with E-state index in [0.717, 1.165) is 32.4 Å². The van der Waals surface area contributed by atoms with Gasteiger partial charge in [0.1, 0.15) is 0 Å². The van der Waals surface area contributed by atoms with Gasteiger partial charge in [-0.2, -0.15) is 0 Å². The van der Waals surface area contributed by atoms with Crippen molar-refractivity contribution < 1.29 is 9.53 Å². The van der Waals surface area contributed by atoms with Crippen LogP contribution in [0.4, 0.5) is 0 Å². The Labute approximate surface area is 114 Å². The number of amides is 1. The highest BCUT2D eigenvalue weighted by molar-refractivity contribution is 5.77. The third-order valence-electron chi connectivity index (χ3n) is 3.55. The molecule has 0 radical (unpaired) electrons. The SMILES string of the molecule is CCOCCCC(=O)N1CCCC1c1ccncc1. The maximum atomic E-state index is 12.2. The van der Waals surface area contributed by atoms with E-state index in [1.807, 2.05) is 24.0 Å². The first-order chi connectivity index (χ1) is 9.33. The smallest absolute Gasteiger partial charge is 0.223 e. The first-order valence-electron chi connectivity index (χ1n) is 7.10. The Balaban J connectivity index is 1.90. The molecule has 1 amide bonds. The van der Waals surface area contributed by atoms with Gasteiger partial charge < -0.3 is 9.64 Å². The zero-order valence-corrected chi connectivity index (χ0v) is 11.5. The zero-order valence-electron chi connectivity index (χ0n) is 11.5. The van der Waals surface area contributed by atoms with E-state index < -0.39 is 0 Å². The number of carbonyl (C=O) groups excluding carboxylic acids is 1. The number of carbonyl (C=O) groups is 1. The van der Waals surface area contributed by atoms with Crippen LogP contribution in [-0.2, 0) is 9.53 Å². The summed E-state index contributed by atoms with van der Waals surface area (Å²) in [7, 11) is 0. The molecule has 1 aromatic rings. The molecule has 0 bridgehead atoms. The Morgan fingerprint density at radius 2 is 2.26 bits per heavy atom. The van der Waals surface area contributed by atoms with E-state index >= 15 is 0 Å². The van der Waals surface area contributed by atoms with Crippen molar-refractivity contribution in [3.05, 3.63) is 30.1 Å². The summed E-state index contributed by atoms with van der Waals surface area (Å²) in [6, 6.07) is 4.26. The summed E-state index contributed by atoms with van der Waals surface area (Å²) < 4.78 is 5.28. The largest absolute Gasteiger partial charge is 0.382 e. The van der Waals surface area contributed by atoms with Crippen molar-refractivity contribution >= 4 is 5.91 Å². The van der Waals surface area contributed by atoms with E-state index in [-0.39, 0.29) is 11.9 Å². The maximum Gasteiger partial charge on any atom is 0.223 e. The molecule has 104 valence electrons. The van der Waals surface area contributed by atoms with Crippen molar-refractivity contribution in [1.82, 2.24) is 9.88 Å². The molecular formula is C15H22N2O2. The lowest BCUT2D eigenvalue weighted by atomic mass is 10.1. The summed E-state index contributed by atoms with van der Waals surface area (Å²) in [5, 5.41) is 0. The number of aromatic nitrogens is 1. The first-order valence-corrected chi connectivity index (χ1v) is 7.10. The van der Waals surface area contributed by atoms with Crippen LogP contribution in [0.25, 0.3) is 0 Å².